The van der Waals surface area contributed by atoms with Gasteiger partial charge in [-0.3, -0.25) is 0 Å². The van der Waals surface area contributed by atoms with Crippen molar-refractivity contribution in [1.82, 2.24) is 0 Å². The molecular weight excluding hydrogens is 212 g/mol. The van der Waals surface area contributed by atoms with E-state index in [0.29, 0.717) is 0 Å². The average Bonchev–Trinajstić information content (AvgIpc) is 2.61. The van der Waals surface area contributed by atoms with E-state index in [1.807, 2.05) is 11.3 Å². The molecule has 1 aromatic rings. The molecule has 0 saturated carbocycles. The zero-order valence-corrected chi connectivity index (χ0v) is 9.66. The van der Waals surface area contributed by atoms with Crippen molar-refractivity contribution in [3.8, 4) is 0 Å². The van der Waals surface area contributed by atoms with Crippen molar-refractivity contribution in [1.29, 1.82) is 0 Å². The number of hydrogen-bond donors (Lipinski definition) is 1. The summed E-state index contributed by atoms with van der Waals surface area (Å²) >= 11 is 3.98. The smallest absolute Gasteiger partial charge is 0.115 e. The standard InChI is InChI=1S/C10H14N2S2/c1-3-11-9-2-5-14-10(9)12-4-6-13-7-8(1)12/h2,5,8,11H,1,3-4,6-7H2. The van der Waals surface area contributed by atoms with E-state index in [4.69, 9.17) is 0 Å². The van der Waals surface area contributed by atoms with Crippen molar-refractivity contribution in [3.05, 3.63) is 11.4 Å². The van der Waals surface area contributed by atoms with E-state index < -0.39 is 0 Å². The normalized spacial score (nSPS) is 26.0. The number of fused-ring (bicyclic) bond motifs is 3. The maximum absolute atomic E-state index is 3.52. The highest BCUT2D eigenvalue weighted by Gasteiger charge is 2.27. The average molecular weight is 226 g/mol. The zero-order chi connectivity index (χ0) is 9.38. The molecule has 14 heavy (non-hydrogen) atoms. The Morgan fingerprint density at radius 3 is 3.50 bits per heavy atom. The van der Waals surface area contributed by atoms with Crippen LogP contribution in [-0.4, -0.2) is 30.6 Å². The van der Waals surface area contributed by atoms with Gasteiger partial charge in [-0.2, -0.15) is 11.8 Å². The molecule has 0 bridgehead atoms. The van der Waals surface area contributed by atoms with E-state index in [-0.39, 0.29) is 0 Å². The minimum atomic E-state index is 0.765. The quantitative estimate of drug-likeness (QED) is 0.731. The molecule has 2 aliphatic rings. The van der Waals surface area contributed by atoms with Crippen LogP contribution in [0.4, 0.5) is 10.7 Å². The minimum Gasteiger partial charge on any atom is -0.383 e. The summed E-state index contributed by atoms with van der Waals surface area (Å²) in [6, 6.07) is 2.98. The SMILES string of the molecule is c1cc2c(s1)N1CCSCC1CCN2. The lowest BCUT2D eigenvalue weighted by molar-refractivity contribution is 0.628. The van der Waals surface area contributed by atoms with Gasteiger partial charge >= 0.3 is 0 Å². The first-order chi connectivity index (χ1) is 6.95. The van der Waals surface area contributed by atoms with Crippen molar-refractivity contribution in [3.63, 3.8) is 0 Å². The topological polar surface area (TPSA) is 15.3 Å². The molecule has 0 spiro atoms. The van der Waals surface area contributed by atoms with Crippen LogP contribution in [0.3, 0.4) is 0 Å². The largest absolute Gasteiger partial charge is 0.383 e. The number of hydrogen-bond acceptors (Lipinski definition) is 4. The summed E-state index contributed by atoms with van der Waals surface area (Å²) in [5.41, 5.74) is 1.35. The van der Waals surface area contributed by atoms with Gasteiger partial charge in [-0.05, 0) is 17.9 Å². The van der Waals surface area contributed by atoms with Crippen molar-refractivity contribution in [2.24, 2.45) is 0 Å². The van der Waals surface area contributed by atoms with Gasteiger partial charge in [-0.15, -0.1) is 11.3 Å². The summed E-state index contributed by atoms with van der Waals surface area (Å²) in [5.74, 6) is 2.59. The van der Waals surface area contributed by atoms with Gasteiger partial charge in [-0.1, -0.05) is 0 Å². The summed E-state index contributed by atoms with van der Waals surface area (Å²) in [7, 11) is 0. The number of nitrogens with zero attached hydrogens (tertiary/aromatic N) is 1. The molecule has 1 atom stereocenters. The van der Waals surface area contributed by atoms with Gasteiger partial charge in [0.05, 0.1) is 5.69 Å². The summed E-state index contributed by atoms with van der Waals surface area (Å²) in [6.45, 7) is 2.36. The second kappa shape index (κ2) is 3.66. The second-order valence-electron chi connectivity index (χ2n) is 3.78. The second-order valence-corrected chi connectivity index (χ2v) is 5.82. The summed E-state index contributed by atoms with van der Waals surface area (Å²) < 4.78 is 0. The molecule has 1 unspecified atom stereocenters. The Bertz CT molecular complexity index is 324. The monoisotopic (exact) mass is 226 g/mol. The summed E-state index contributed by atoms with van der Waals surface area (Å²) in [6.07, 6.45) is 1.29. The lowest BCUT2D eigenvalue weighted by Crippen LogP contribution is -2.41. The Morgan fingerprint density at radius 2 is 2.50 bits per heavy atom. The number of rotatable bonds is 0. The number of thioether (sulfide) groups is 1. The molecule has 0 aromatic carbocycles. The van der Waals surface area contributed by atoms with Gasteiger partial charge < -0.3 is 10.2 Å². The van der Waals surface area contributed by atoms with Crippen LogP contribution >= 0.6 is 23.1 Å². The summed E-state index contributed by atoms with van der Waals surface area (Å²) in [5, 5.41) is 7.18. The predicted octanol–water partition coefficient (Wildman–Crippen LogP) is 2.49. The van der Waals surface area contributed by atoms with Gasteiger partial charge in [-0.25, -0.2) is 0 Å². The van der Waals surface area contributed by atoms with E-state index in [1.54, 1.807) is 0 Å². The fourth-order valence-electron chi connectivity index (χ4n) is 2.19. The van der Waals surface area contributed by atoms with E-state index in [0.717, 1.165) is 12.6 Å². The van der Waals surface area contributed by atoms with Gasteiger partial charge in [0, 0.05) is 30.6 Å². The van der Waals surface area contributed by atoms with E-state index in [9.17, 15) is 0 Å². The van der Waals surface area contributed by atoms with E-state index in [2.05, 4.69) is 33.4 Å². The Balaban J connectivity index is 1.96. The maximum atomic E-state index is 3.52. The molecule has 1 fully saturated rings. The molecular formula is C10H14N2S2. The van der Waals surface area contributed by atoms with Crippen molar-refractivity contribution < 1.29 is 0 Å². The first-order valence-electron chi connectivity index (χ1n) is 5.11. The van der Waals surface area contributed by atoms with Crippen molar-refractivity contribution in [2.75, 3.05) is 34.8 Å². The van der Waals surface area contributed by atoms with Gasteiger partial charge in [0.15, 0.2) is 0 Å². The molecule has 2 nitrogen and oxygen atoms in total. The Hall–Kier alpha value is -0.350. The maximum Gasteiger partial charge on any atom is 0.115 e. The molecule has 0 amide bonds. The van der Waals surface area contributed by atoms with Crippen LogP contribution in [0, 0.1) is 0 Å². The van der Waals surface area contributed by atoms with Crippen LogP contribution in [0.1, 0.15) is 6.42 Å². The van der Waals surface area contributed by atoms with E-state index >= 15 is 0 Å². The number of nitrogens with one attached hydrogen (secondary N) is 1. The van der Waals surface area contributed by atoms with Gasteiger partial charge in [0.25, 0.3) is 0 Å². The zero-order valence-electron chi connectivity index (χ0n) is 8.03. The lowest BCUT2D eigenvalue weighted by atomic mass is 10.2. The molecule has 76 valence electrons. The molecule has 3 rings (SSSR count). The van der Waals surface area contributed by atoms with Gasteiger partial charge in [0.1, 0.15) is 5.00 Å². The van der Waals surface area contributed by atoms with Crippen LogP contribution in [0.25, 0.3) is 0 Å². The third kappa shape index (κ3) is 1.41. The highest BCUT2D eigenvalue weighted by molar-refractivity contribution is 7.99. The van der Waals surface area contributed by atoms with E-state index in [1.165, 1.54) is 35.2 Å². The number of anilines is 2. The summed E-state index contributed by atoms with van der Waals surface area (Å²) in [4.78, 5) is 2.61. The van der Waals surface area contributed by atoms with Crippen LogP contribution in [0.2, 0.25) is 0 Å². The predicted molar refractivity (Wildman–Crippen MR) is 65.9 cm³/mol. The fourth-order valence-corrected chi connectivity index (χ4v) is 4.28. The number of thiophene rings is 1. The first kappa shape index (κ1) is 8.92. The molecule has 2 aliphatic heterocycles. The minimum absolute atomic E-state index is 0.765. The van der Waals surface area contributed by atoms with Gasteiger partial charge in [0.2, 0.25) is 0 Å². The first-order valence-corrected chi connectivity index (χ1v) is 7.14. The van der Waals surface area contributed by atoms with Crippen molar-refractivity contribution >= 4 is 33.8 Å². The Labute approximate surface area is 92.7 Å². The Kier molecular flexibility index (Phi) is 2.33. The molecule has 3 heterocycles. The molecule has 1 aromatic heterocycles. The third-order valence-electron chi connectivity index (χ3n) is 2.93. The third-order valence-corrected chi connectivity index (χ3v) is 4.97. The molecule has 0 aliphatic carbocycles. The van der Waals surface area contributed by atoms with Crippen LogP contribution in [0.15, 0.2) is 11.4 Å². The highest BCUT2D eigenvalue weighted by Crippen LogP contribution is 2.38. The Morgan fingerprint density at radius 1 is 1.50 bits per heavy atom. The molecule has 1 N–H and O–H groups in total. The lowest BCUT2D eigenvalue weighted by Gasteiger charge is -2.34. The van der Waals surface area contributed by atoms with Crippen LogP contribution in [-0.2, 0) is 0 Å². The highest BCUT2D eigenvalue weighted by atomic mass is 32.2. The van der Waals surface area contributed by atoms with Crippen LogP contribution in [0.5, 0.6) is 0 Å². The fraction of sp³-hybridized carbons (Fsp3) is 0.600. The molecule has 4 heteroatoms. The molecule has 0 radical (unpaired) electrons. The van der Waals surface area contributed by atoms with Crippen LogP contribution < -0.4 is 10.2 Å². The molecule has 1 saturated heterocycles. The van der Waals surface area contributed by atoms with Crippen molar-refractivity contribution in [2.45, 2.75) is 12.5 Å².